The van der Waals surface area contributed by atoms with Crippen LogP contribution < -0.4 is 26.0 Å². The Labute approximate surface area is 253 Å². The van der Waals surface area contributed by atoms with Gasteiger partial charge in [-0.2, -0.15) is 0 Å². The van der Waals surface area contributed by atoms with Gasteiger partial charge in [-0.1, -0.05) is 48.5 Å². The van der Waals surface area contributed by atoms with Crippen LogP contribution in [0.1, 0.15) is 11.1 Å². The first kappa shape index (κ1) is 29.3. The molecule has 3 aromatic carbocycles. The fraction of sp³-hybridized carbons (Fsp3) is 0.156. The number of nitrogens with one attached hydrogen (secondary N) is 4. The Hall–Kier alpha value is -4.22. The molecule has 0 atom stereocenters. The smallest absolute Gasteiger partial charge is 0.230 e. The zero-order valence-electron chi connectivity index (χ0n) is 22.9. The molecule has 0 saturated heterocycles. The van der Waals surface area contributed by atoms with Crippen molar-refractivity contribution in [2.75, 3.05) is 25.5 Å². The number of halogens is 1. The SMILES string of the molecule is CNCCNCc1cccc(-c2cc3nccc(Oc4ccc(NC(=S)NC(=O)Cc5ccccc5)cc4F)c3s2)c1. The highest BCUT2D eigenvalue weighted by Crippen LogP contribution is 2.40. The molecule has 0 saturated carbocycles. The number of fused-ring (bicyclic) bond motifs is 1. The highest BCUT2D eigenvalue weighted by Gasteiger charge is 2.14. The second-order valence-electron chi connectivity index (χ2n) is 9.53. The molecule has 2 heterocycles. The van der Waals surface area contributed by atoms with Gasteiger partial charge in [0.2, 0.25) is 5.91 Å². The predicted octanol–water partition coefficient (Wildman–Crippen LogP) is 6.26. The van der Waals surface area contributed by atoms with Crippen molar-refractivity contribution in [1.82, 2.24) is 20.9 Å². The van der Waals surface area contributed by atoms with E-state index in [0.29, 0.717) is 11.4 Å². The Morgan fingerprint density at radius 1 is 0.952 bits per heavy atom. The summed E-state index contributed by atoms with van der Waals surface area (Å²) in [5, 5.41) is 12.1. The van der Waals surface area contributed by atoms with Gasteiger partial charge < -0.3 is 26.0 Å². The number of thiophene rings is 1. The Bertz CT molecular complexity index is 1690. The molecule has 0 bridgehead atoms. The van der Waals surface area contributed by atoms with E-state index in [9.17, 15) is 4.79 Å². The second-order valence-corrected chi connectivity index (χ2v) is 11.0. The van der Waals surface area contributed by atoms with Gasteiger partial charge >= 0.3 is 0 Å². The lowest BCUT2D eigenvalue weighted by molar-refractivity contribution is -0.119. The monoisotopic (exact) mass is 599 g/mol. The van der Waals surface area contributed by atoms with E-state index >= 15 is 4.39 Å². The first-order valence-corrected chi connectivity index (χ1v) is 14.7. The van der Waals surface area contributed by atoms with E-state index in [0.717, 1.165) is 45.9 Å². The molecule has 0 aliphatic carbocycles. The molecule has 4 N–H and O–H groups in total. The van der Waals surface area contributed by atoms with E-state index in [4.69, 9.17) is 17.0 Å². The molecule has 10 heteroatoms. The van der Waals surface area contributed by atoms with Gasteiger partial charge in [-0.25, -0.2) is 4.39 Å². The number of likely N-dealkylation sites (N-methyl/N-ethyl adjacent to an activating group) is 1. The van der Waals surface area contributed by atoms with Crippen molar-refractivity contribution in [3.63, 3.8) is 0 Å². The summed E-state index contributed by atoms with van der Waals surface area (Å²) in [4.78, 5) is 17.8. The standard InChI is InChI=1S/C32H30FN5O2S2/c1-34-14-15-35-20-22-8-5-9-23(16-22)29-19-26-31(42-29)28(12-13-36-26)40-27-11-10-24(18-25(27)33)37-32(41)38-30(39)17-21-6-3-2-4-7-21/h2-13,16,18-19,34-35H,14-15,17,20H2,1H3,(H2,37,38,39,41). The van der Waals surface area contributed by atoms with Gasteiger partial charge in [0, 0.05) is 48.5 Å². The molecular weight excluding hydrogens is 570 g/mol. The zero-order valence-corrected chi connectivity index (χ0v) is 24.6. The second kappa shape index (κ2) is 14.1. The maximum Gasteiger partial charge on any atom is 0.230 e. The third-order valence-corrected chi connectivity index (χ3v) is 7.73. The lowest BCUT2D eigenvalue weighted by Crippen LogP contribution is -2.35. The largest absolute Gasteiger partial charge is 0.453 e. The van der Waals surface area contributed by atoms with Gasteiger partial charge in [-0.05, 0) is 60.2 Å². The van der Waals surface area contributed by atoms with Gasteiger partial charge in [0.05, 0.1) is 16.6 Å². The number of thiocarbonyl (C=S) groups is 1. The minimum Gasteiger partial charge on any atom is -0.453 e. The number of benzene rings is 3. The topological polar surface area (TPSA) is 87.3 Å². The van der Waals surface area contributed by atoms with Crippen molar-refractivity contribution in [1.29, 1.82) is 0 Å². The van der Waals surface area contributed by atoms with Crippen LogP contribution >= 0.6 is 23.6 Å². The molecule has 5 aromatic rings. The van der Waals surface area contributed by atoms with E-state index in [2.05, 4.69) is 44.5 Å². The number of carbonyl (C=O) groups excluding carboxylic acids is 1. The van der Waals surface area contributed by atoms with E-state index in [1.807, 2.05) is 49.5 Å². The Morgan fingerprint density at radius 3 is 2.60 bits per heavy atom. The summed E-state index contributed by atoms with van der Waals surface area (Å²) in [6.45, 7) is 2.58. The Balaban J connectivity index is 1.25. The van der Waals surface area contributed by atoms with E-state index in [-0.39, 0.29) is 23.2 Å². The van der Waals surface area contributed by atoms with Crippen LogP contribution in [0.25, 0.3) is 20.7 Å². The van der Waals surface area contributed by atoms with Gasteiger partial charge in [-0.3, -0.25) is 9.78 Å². The molecule has 42 heavy (non-hydrogen) atoms. The highest BCUT2D eigenvalue weighted by molar-refractivity contribution is 7.80. The van der Waals surface area contributed by atoms with Crippen LogP contribution in [-0.4, -0.2) is 36.1 Å². The molecule has 1 amide bonds. The maximum atomic E-state index is 15.1. The first-order chi connectivity index (χ1) is 20.5. The van der Waals surface area contributed by atoms with Crippen LogP contribution in [0.4, 0.5) is 10.1 Å². The fourth-order valence-electron chi connectivity index (χ4n) is 4.31. The average Bonchev–Trinajstić information content (AvgIpc) is 3.43. The number of rotatable bonds is 11. The molecule has 214 valence electrons. The molecule has 0 radical (unpaired) electrons. The number of anilines is 1. The van der Waals surface area contributed by atoms with E-state index < -0.39 is 5.82 Å². The molecule has 0 spiro atoms. The van der Waals surface area contributed by atoms with Crippen LogP contribution in [0.3, 0.4) is 0 Å². The van der Waals surface area contributed by atoms with Crippen LogP contribution in [0, 0.1) is 5.82 Å². The normalized spacial score (nSPS) is 10.9. The van der Waals surface area contributed by atoms with Crippen LogP contribution in [0.2, 0.25) is 0 Å². The maximum absolute atomic E-state index is 15.1. The number of ether oxygens (including phenoxy) is 1. The number of aromatic nitrogens is 1. The molecule has 2 aromatic heterocycles. The Kier molecular flexibility index (Phi) is 9.83. The number of hydrogen-bond acceptors (Lipinski definition) is 7. The van der Waals surface area contributed by atoms with Crippen molar-refractivity contribution in [3.8, 4) is 21.9 Å². The molecule has 0 unspecified atom stereocenters. The molecule has 0 fully saturated rings. The van der Waals surface area contributed by atoms with E-state index in [1.165, 1.54) is 17.7 Å². The fourth-order valence-corrected chi connectivity index (χ4v) is 5.61. The van der Waals surface area contributed by atoms with Crippen LogP contribution in [0.15, 0.2) is 91.1 Å². The van der Waals surface area contributed by atoms with Crippen molar-refractivity contribution < 1.29 is 13.9 Å². The van der Waals surface area contributed by atoms with E-state index in [1.54, 1.807) is 29.7 Å². The number of amides is 1. The first-order valence-electron chi connectivity index (χ1n) is 13.4. The molecule has 5 rings (SSSR count). The number of pyridine rings is 1. The minimum atomic E-state index is -0.571. The third-order valence-electron chi connectivity index (χ3n) is 6.34. The van der Waals surface area contributed by atoms with Gasteiger partial charge in [0.25, 0.3) is 0 Å². The Morgan fingerprint density at radius 2 is 1.79 bits per heavy atom. The van der Waals surface area contributed by atoms with Crippen molar-refractivity contribution in [2.45, 2.75) is 13.0 Å². The van der Waals surface area contributed by atoms with Crippen molar-refractivity contribution in [3.05, 3.63) is 108 Å². The summed E-state index contributed by atoms with van der Waals surface area (Å²) in [7, 11) is 1.93. The molecule has 0 aliphatic rings. The number of carbonyl (C=O) groups is 1. The average molecular weight is 600 g/mol. The lowest BCUT2D eigenvalue weighted by Gasteiger charge is -2.12. The minimum absolute atomic E-state index is 0.0664. The number of nitrogens with zero attached hydrogens (tertiary/aromatic N) is 1. The van der Waals surface area contributed by atoms with Crippen molar-refractivity contribution >= 4 is 50.5 Å². The predicted molar refractivity (Wildman–Crippen MR) is 172 cm³/mol. The molecule has 0 aliphatic heterocycles. The van der Waals surface area contributed by atoms with Gasteiger partial charge in [0.15, 0.2) is 16.7 Å². The van der Waals surface area contributed by atoms with Crippen LogP contribution in [0.5, 0.6) is 11.5 Å². The molecule has 7 nitrogen and oxygen atoms in total. The highest BCUT2D eigenvalue weighted by atomic mass is 32.1. The third kappa shape index (κ3) is 7.74. The van der Waals surface area contributed by atoms with Crippen molar-refractivity contribution in [2.24, 2.45) is 0 Å². The van der Waals surface area contributed by atoms with Gasteiger partial charge in [-0.15, -0.1) is 11.3 Å². The van der Waals surface area contributed by atoms with Gasteiger partial charge in [0.1, 0.15) is 5.75 Å². The lowest BCUT2D eigenvalue weighted by atomic mass is 10.1. The summed E-state index contributed by atoms with van der Waals surface area (Å²) in [5.74, 6) is -0.246. The summed E-state index contributed by atoms with van der Waals surface area (Å²) in [5.41, 5.74) is 4.32. The van der Waals surface area contributed by atoms with Crippen LogP contribution in [-0.2, 0) is 17.8 Å². The summed E-state index contributed by atoms with van der Waals surface area (Å²) < 4.78 is 21.9. The summed E-state index contributed by atoms with van der Waals surface area (Å²) in [6.07, 6.45) is 1.84. The quantitative estimate of drug-likeness (QED) is 0.105. The summed E-state index contributed by atoms with van der Waals surface area (Å²) in [6, 6.07) is 25.9. The molecular formula is C32H30FN5O2S2. The summed E-state index contributed by atoms with van der Waals surface area (Å²) >= 11 is 6.79. The number of hydrogen-bond donors (Lipinski definition) is 4. The zero-order chi connectivity index (χ0) is 29.3.